The Morgan fingerprint density at radius 2 is 1.73 bits per heavy atom. The van der Waals surface area contributed by atoms with Gasteiger partial charge in [0.2, 0.25) is 0 Å². The highest BCUT2D eigenvalue weighted by Crippen LogP contribution is 2.29. The molecular weight excluding hydrogens is 294 g/mol. The third-order valence-corrected chi connectivity index (χ3v) is 3.62. The molecule has 1 aromatic heterocycles. The quantitative estimate of drug-likeness (QED) is 0.743. The monoisotopic (exact) mass is 313 g/mol. The van der Waals surface area contributed by atoms with Crippen LogP contribution in [0.15, 0.2) is 42.5 Å². The van der Waals surface area contributed by atoms with E-state index in [9.17, 15) is 0 Å². The number of fused-ring (bicyclic) bond motifs is 1. The van der Waals surface area contributed by atoms with Gasteiger partial charge in [-0.05, 0) is 24.6 Å². The van der Waals surface area contributed by atoms with Crippen molar-refractivity contribution >= 4 is 22.6 Å². The highest BCUT2D eigenvalue weighted by Gasteiger charge is 2.13. The Morgan fingerprint density at radius 3 is 2.41 bits per heavy atom. The topological polar surface area (TPSA) is 51.8 Å². The van der Waals surface area contributed by atoms with Crippen LogP contribution >= 0.6 is 11.6 Å². The minimum atomic E-state index is 0.331. The van der Waals surface area contributed by atoms with Gasteiger partial charge in [-0.2, -0.15) is 0 Å². The fraction of sp³-hybridized carbons (Fsp3) is 0.222. The van der Waals surface area contributed by atoms with E-state index in [1.807, 2.05) is 63.2 Å². The van der Waals surface area contributed by atoms with Crippen LogP contribution in [0.3, 0.4) is 0 Å². The largest absolute Gasteiger partial charge is 0.325 e. The molecule has 0 unspecified atom stereocenters. The summed E-state index contributed by atoms with van der Waals surface area (Å²) >= 11 is 6.26. The lowest BCUT2D eigenvalue weighted by Crippen LogP contribution is -2.05. The first-order valence-corrected chi connectivity index (χ1v) is 7.79. The van der Waals surface area contributed by atoms with E-state index < -0.39 is 0 Å². The van der Waals surface area contributed by atoms with Gasteiger partial charge < -0.3 is 5.73 Å². The highest BCUT2D eigenvalue weighted by molar-refractivity contribution is 6.33. The number of hydrogen-bond acceptors (Lipinski definition) is 3. The molecule has 22 heavy (non-hydrogen) atoms. The summed E-state index contributed by atoms with van der Waals surface area (Å²) in [5.41, 5.74) is 11.1. The van der Waals surface area contributed by atoms with Crippen LogP contribution in [0, 0.1) is 6.92 Å². The Morgan fingerprint density at radius 1 is 1.00 bits per heavy atom. The first-order valence-electron chi connectivity index (χ1n) is 7.42. The van der Waals surface area contributed by atoms with Crippen molar-refractivity contribution in [3.05, 3.63) is 58.7 Å². The number of hydrogen-bond donors (Lipinski definition) is 1. The summed E-state index contributed by atoms with van der Waals surface area (Å²) in [6.45, 7) is 6.35. The van der Waals surface area contributed by atoms with Gasteiger partial charge in [0.1, 0.15) is 0 Å². The Kier molecular flexibility index (Phi) is 5.47. The number of halogens is 1. The van der Waals surface area contributed by atoms with Crippen LogP contribution in [-0.2, 0) is 6.54 Å². The number of benzene rings is 2. The lowest BCUT2D eigenvalue weighted by Gasteiger charge is -2.10. The van der Waals surface area contributed by atoms with Crippen LogP contribution in [-0.4, -0.2) is 9.97 Å². The molecule has 0 bridgehead atoms. The SMILES string of the molecule is CC.Cc1cccc2nc(-c3ccccc3Cl)c(CN)nc12. The second-order valence-corrected chi connectivity index (χ2v) is 5.05. The molecule has 2 aromatic carbocycles. The maximum atomic E-state index is 6.26. The van der Waals surface area contributed by atoms with Gasteiger partial charge in [-0.25, -0.2) is 9.97 Å². The highest BCUT2D eigenvalue weighted by atomic mass is 35.5. The lowest BCUT2D eigenvalue weighted by molar-refractivity contribution is 0.990. The second-order valence-electron chi connectivity index (χ2n) is 4.65. The van der Waals surface area contributed by atoms with E-state index in [2.05, 4.69) is 4.98 Å². The minimum absolute atomic E-state index is 0.331. The van der Waals surface area contributed by atoms with Crippen LogP contribution in [0.1, 0.15) is 25.1 Å². The first kappa shape index (κ1) is 16.4. The van der Waals surface area contributed by atoms with Crippen LogP contribution in [0.4, 0.5) is 0 Å². The molecule has 3 aromatic rings. The number of aromatic nitrogens is 2. The van der Waals surface area contributed by atoms with Gasteiger partial charge >= 0.3 is 0 Å². The van der Waals surface area contributed by atoms with E-state index in [1.165, 1.54) is 0 Å². The van der Waals surface area contributed by atoms with Gasteiger partial charge in [-0.3, -0.25) is 0 Å². The molecular formula is C18H20ClN3. The van der Waals surface area contributed by atoms with Crippen molar-refractivity contribution in [1.29, 1.82) is 0 Å². The molecule has 2 N–H and O–H groups in total. The summed E-state index contributed by atoms with van der Waals surface area (Å²) in [6, 6.07) is 13.6. The Balaban J connectivity index is 0.000000847. The smallest absolute Gasteiger partial charge is 0.0953 e. The second kappa shape index (κ2) is 7.34. The predicted octanol–water partition coefficient (Wildman–Crippen LogP) is 4.74. The summed E-state index contributed by atoms with van der Waals surface area (Å²) in [4.78, 5) is 9.38. The number of nitrogens with two attached hydrogens (primary N) is 1. The van der Waals surface area contributed by atoms with Crippen LogP contribution < -0.4 is 5.73 Å². The zero-order valence-corrected chi connectivity index (χ0v) is 13.9. The summed E-state index contributed by atoms with van der Waals surface area (Å²) in [7, 11) is 0. The number of aryl methyl sites for hydroxylation is 1. The normalized spacial score (nSPS) is 10.2. The van der Waals surface area contributed by atoms with E-state index in [0.29, 0.717) is 11.6 Å². The van der Waals surface area contributed by atoms with Crippen LogP contribution in [0.2, 0.25) is 5.02 Å². The maximum Gasteiger partial charge on any atom is 0.0953 e. The molecule has 114 valence electrons. The summed E-state index contributed by atoms with van der Waals surface area (Å²) < 4.78 is 0. The lowest BCUT2D eigenvalue weighted by atomic mass is 10.1. The molecule has 0 amide bonds. The van der Waals surface area contributed by atoms with Gasteiger partial charge in [0, 0.05) is 12.1 Å². The molecule has 0 radical (unpaired) electrons. The van der Waals surface area contributed by atoms with Crippen molar-refractivity contribution < 1.29 is 0 Å². The van der Waals surface area contributed by atoms with Crippen LogP contribution in [0.25, 0.3) is 22.3 Å². The molecule has 1 heterocycles. The van der Waals surface area contributed by atoms with Crippen molar-refractivity contribution in [3.63, 3.8) is 0 Å². The molecule has 0 aliphatic rings. The maximum absolute atomic E-state index is 6.26. The average Bonchev–Trinajstić information content (AvgIpc) is 2.56. The van der Waals surface area contributed by atoms with Gasteiger partial charge in [0.15, 0.2) is 0 Å². The molecule has 4 heteroatoms. The van der Waals surface area contributed by atoms with Gasteiger partial charge in [0.25, 0.3) is 0 Å². The average molecular weight is 314 g/mol. The van der Waals surface area contributed by atoms with Crippen molar-refractivity contribution in [2.45, 2.75) is 27.3 Å². The molecule has 0 spiro atoms. The minimum Gasteiger partial charge on any atom is -0.325 e. The zero-order valence-electron chi connectivity index (χ0n) is 13.1. The fourth-order valence-corrected chi connectivity index (χ4v) is 2.49. The first-order chi connectivity index (χ1) is 10.7. The van der Waals surface area contributed by atoms with Gasteiger partial charge in [0.05, 0.1) is 27.4 Å². The molecule has 3 nitrogen and oxygen atoms in total. The van der Waals surface area contributed by atoms with Crippen molar-refractivity contribution in [3.8, 4) is 11.3 Å². The van der Waals surface area contributed by atoms with E-state index >= 15 is 0 Å². The fourth-order valence-electron chi connectivity index (χ4n) is 2.26. The van der Waals surface area contributed by atoms with E-state index in [1.54, 1.807) is 0 Å². The molecule has 0 fully saturated rings. The van der Waals surface area contributed by atoms with Crippen molar-refractivity contribution in [2.24, 2.45) is 5.73 Å². The van der Waals surface area contributed by atoms with E-state index in [0.717, 1.165) is 33.5 Å². The summed E-state index contributed by atoms with van der Waals surface area (Å²) in [5, 5.41) is 0.656. The number of nitrogens with zero attached hydrogens (tertiary/aromatic N) is 2. The Labute approximate surface area is 136 Å². The van der Waals surface area contributed by atoms with E-state index in [4.69, 9.17) is 22.3 Å². The van der Waals surface area contributed by atoms with Crippen molar-refractivity contribution in [1.82, 2.24) is 9.97 Å². The third-order valence-electron chi connectivity index (χ3n) is 3.29. The summed E-state index contributed by atoms with van der Waals surface area (Å²) in [6.07, 6.45) is 0. The molecule has 3 rings (SSSR count). The van der Waals surface area contributed by atoms with Gasteiger partial charge in [-0.1, -0.05) is 55.8 Å². The van der Waals surface area contributed by atoms with E-state index in [-0.39, 0.29) is 0 Å². The number of rotatable bonds is 2. The van der Waals surface area contributed by atoms with Crippen LogP contribution in [0.5, 0.6) is 0 Å². The molecule has 0 atom stereocenters. The third kappa shape index (κ3) is 3.11. The zero-order chi connectivity index (χ0) is 16.1. The van der Waals surface area contributed by atoms with Crippen molar-refractivity contribution in [2.75, 3.05) is 0 Å². The Hall–Kier alpha value is -1.97. The summed E-state index contributed by atoms with van der Waals surface area (Å²) in [5.74, 6) is 0. The predicted molar refractivity (Wildman–Crippen MR) is 94.0 cm³/mol. The molecule has 0 saturated heterocycles. The molecule has 0 aliphatic heterocycles. The Bertz CT molecular complexity index is 784. The number of para-hydroxylation sites is 1. The molecule has 0 saturated carbocycles. The molecule has 0 aliphatic carbocycles. The standard InChI is InChI=1S/C16H14ClN3.C2H6/c1-10-5-4-8-13-15(10)20-14(9-18)16(19-13)11-6-2-3-7-12(11)17;1-2/h2-8H,9,18H2,1H3;1-2H3. The van der Waals surface area contributed by atoms with Gasteiger partial charge in [-0.15, -0.1) is 0 Å².